The molecule has 1 heterocycles. The monoisotopic (exact) mass is 249 g/mol. The highest BCUT2D eigenvalue weighted by Gasteiger charge is 2.25. The Morgan fingerprint density at radius 3 is 2.31 bits per heavy atom. The average molecular weight is 249 g/mol. The molecule has 0 aromatic rings. The molecule has 2 N–H and O–H groups in total. The third-order valence-electron chi connectivity index (χ3n) is 2.87. The Hall–Kier alpha value is -0.170. The fourth-order valence-electron chi connectivity index (χ4n) is 1.94. The fraction of sp³-hybridized carbons (Fsp3) is 1.00. The molecule has 0 amide bonds. The van der Waals surface area contributed by atoms with Gasteiger partial charge < -0.3 is 10.6 Å². The van der Waals surface area contributed by atoms with Crippen molar-refractivity contribution < 1.29 is 8.42 Å². The lowest BCUT2D eigenvalue weighted by Gasteiger charge is -2.33. The molecule has 6 heteroatoms. The van der Waals surface area contributed by atoms with Crippen molar-refractivity contribution in [3.63, 3.8) is 0 Å². The first-order valence-corrected chi connectivity index (χ1v) is 7.61. The number of nitrogens with zero attached hydrogens (tertiary/aromatic N) is 2. The van der Waals surface area contributed by atoms with Crippen molar-refractivity contribution in [1.82, 2.24) is 9.21 Å². The molecule has 0 unspecified atom stereocenters. The van der Waals surface area contributed by atoms with Gasteiger partial charge in [0.2, 0.25) is 10.0 Å². The molecule has 16 heavy (non-hydrogen) atoms. The Bertz CT molecular complexity index is 284. The number of rotatable bonds is 6. The highest BCUT2D eigenvalue weighted by Crippen LogP contribution is 2.09. The molecular formula is C10H23N3O2S. The van der Waals surface area contributed by atoms with Crippen molar-refractivity contribution in [1.29, 1.82) is 0 Å². The van der Waals surface area contributed by atoms with Crippen LogP contribution in [0.15, 0.2) is 0 Å². The highest BCUT2D eigenvalue weighted by atomic mass is 32.2. The van der Waals surface area contributed by atoms with Crippen molar-refractivity contribution in [2.24, 2.45) is 5.73 Å². The maximum absolute atomic E-state index is 11.9. The molecule has 0 radical (unpaired) electrons. The van der Waals surface area contributed by atoms with Crippen LogP contribution in [0.2, 0.25) is 0 Å². The summed E-state index contributed by atoms with van der Waals surface area (Å²) in [6, 6.07) is 0. The Morgan fingerprint density at radius 1 is 1.19 bits per heavy atom. The molecular weight excluding hydrogens is 226 g/mol. The van der Waals surface area contributed by atoms with Gasteiger partial charge in [-0.05, 0) is 25.9 Å². The molecule has 0 atom stereocenters. The Morgan fingerprint density at radius 2 is 1.81 bits per heavy atom. The molecule has 0 bridgehead atoms. The van der Waals surface area contributed by atoms with Crippen LogP contribution in [0.25, 0.3) is 0 Å². The zero-order chi connectivity index (χ0) is 12.0. The summed E-state index contributed by atoms with van der Waals surface area (Å²) in [7, 11) is -3.06. The van der Waals surface area contributed by atoms with Crippen LogP contribution in [0.1, 0.15) is 19.8 Å². The van der Waals surface area contributed by atoms with Gasteiger partial charge in [0.1, 0.15) is 0 Å². The first kappa shape index (κ1) is 13.9. The van der Waals surface area contributed by atoms with E-state index in [1.165, 1.54) is 0 Å². The molecule has 0 aromatic heterocycles. The molecule has 1 aliphatic heterocycles. The molecule has 1 aliphatic rings. The lowest BCUT2D eigenvalue weighted by atomic mass is 10.3. The smallest absolute Gasteiger partial charge is 0.214 e. The Labute approximate surface area is 98.6 Å². The zero-order valence-corrected chi connectivity index (χ0v) is 10.9. The van der Waals surface area contributed by atoms with E-state index in [2.05, 4.69) is 11.8 Å². The van der Waals surface area contributed by atoms with Gasteiger partial charge in [-0.25, -0.2) is 8.42 Å². The Balaban J connectivity index is 2.40. The van der Waals surface area contributed by atoms with Gasteiger partial charge >= 0.3 is 0 Å². The summed E-state index contributed by atoms with van der Waals surface area (Å²) in [4.78, 5) is 2.31. The van der Waals surface area contributed by atoms with Crippen LogP contribution in [-0.4, -0.2) is 62.6 Å². The molecule has 0 aliphatic carbocycles. The fourth-order valence-corrected chi connectivity index (χ4v) is 3.45. The zero-order valence-electron chi connectivity index (χ0n) is 10.1. The maximum Gasteiger partial charge on any atom is 0.214 e. The molecule has 0 saturated carbocycles. The summed E-state index contributed by atoms with van der Waals surface area (Å²) < 4.78 is 25.3. The summed E-state index contributed by atoms with van der Waals surface area (Å²) in [5, 5.41) is 0. The number of nitrogens with two attached hydrogens (primary N) is 1. The molecule has 1 fully saturated rings. The largest absolute Gasteiger partial charge is 0.330 e. The van der Waals surface area contributed by atoms with Gasteiger partial charge in [0.05, 0.1) is 5.75 Å². The normalized spacial score (nSPS) is 20.1. The predicted molar refractivity (Wildman–Crippen MR) is 65.8 cm³/mol. The number of sulfonamides is 1. The van der Waals surface area contributed by atoms with Crippen LogP contribution in [-0.2, 0) is 10.0 Å². The Kier molecular flexibility index (Phi) is 5.68. The van der Waals surface area contributed by atoms with E-state index in [0.29, 0.717) is 26.1 Å². The standard InChI is InChI=1S/C10H23N3O2S/c1-2-5-12-6-8-13(9-7-12)16(14,15)10-3-4-11/h2-11H2,1H3. The van der Waals surface area contributed by atoms with Gasteiger partial charge in [-0.1, -0.05) is 6.92 Å². The van der Waals surface area contributed by atoms with E-state index in [1.807, 2.05) is 0 Å². The van der Waals surface area contributed by atoms with Crippen molar-refractivity contribution >= 4 is 10.0 Å². The SMILES string of the molecule is CCCN1CCN(S(=O)(=O)CCCN)CC1. The highest BCUT2D eigenvalue weighted by molar-refractivity contribution is 7.89. The maximum atomic E-state index is 11.9. The second kappa shape index (κ2) is 6.54. The summed E-state index contributed by atoms with van der Waals surface area (Å²) in [6.07, 6.45) is 1.68. The first-order chi connectivity index (χ1) is 7.60. The van der Waals surface area contributed by atoms with Gasteiger partial charge in [0, 0.05) is 26.2 Å². The molecule has 5 nitrogen and oxygen atoms in total. The topological polar surface area (TPSA) is 66.6 Å². The lowest BCUT2D eigenvalue weighted by molar-refractivity contribution is 0.188. The molecule has 1 saturated heterocycles. The summed E-state index contributed by atoms with van der Waals surface area (Å²) in [5.41, 5.74) is 5.34. The molecule has 0 spiro atoms. The van der Waals surface area contributed by atoms with E-state index in [0.717, 1.165) is 26.1 Å². The molecule has 1 rings (SSSR count). The summed E-state index contributed by atoms with van der Waals surface area (Å²) >= 11 is 0. The van der Waals surface area contributed by atoms with Gasteiger partial charge in [-0.2, -0.15) is 4.31 Å². The van der Waals surface area contributed by atoms with Crippen molar-refractivity contribution in [3.8, 4) is 0 Å². The summed E-state index contributed by atoms with van der Waals surface area (Å²) in [5.74, 6) is 0.192. The third kappa shape index (κ3) is 4.01. The molecule has 96 valence electrons. The van der Waals surface area contributed by atoms with Crippen molar-refractivity contribution in [3.05, 3.63) is 0 Å². The van der Waals surface area contributed by atoms with Crippen LogP contribution >= 0.6 is 0 Å². The van der Waals surface area contributed by atoms with Crippen molar-refractivity contribution in [2.75, 3.05) is 45.0 Å². The van der Waals surface area contributed by atoms with Crippen molar-refractivity contribution in [2.45, 2.75) is 19.8 Å². The van der Waals surface area contributed by atoms with E-state index in [4.69, 9.17) is 5.73 Å². The van der Waals surface area contributed by atoms with Gasteiger partial charge in [-0.3, -0.25) is 0 Å². The van der Waals surface area contributed by atoms with Crippen LogP contribution in [0, 0.1) is 0 Å². The quantitative estimate of drug-likeness (QED) is 0.701. The minimum Gasteiger partial charge on any atom is -0.330 e. The minimum atomic E-state index is -3.06. The van der Waals surface area contributed by atoms with E-state index in [1.54, 1.807) is 4.31 Å². The number of hydrogen-bond acceptors (Lipinski definition) is 4. The van der Waals surface area contributed by atoms with E-state index >= 15 is 0 Å². The van der Waals surface area contributed by atoms with E-state index in [-0.39, 0.29) is 5.75 Å². The summed E-state index contributed by atoms with van der Waals surface area (Å²) in [6.45, 7) is 6.63. The first-order valence-electron chi connectivity index (χ1n) is 6.00. The minimum absolute atomic E-state index is 0.192. The predicted octanol–water partition coefficient (Wildman–Crippen LogP) is -0.307. The number of piperazine rings is 1. The van der Waals surface area contributed by atoms with Gasteiger partial charge in [-0.15, -0.1) is 0 Å². The van der Waals surface area contributed by atoms with Crippen LogP contribution in [0.3, 0.4) is 0 Å². The lowest BCUT2D eigenvalue weighted by Crippen LogP contribution is -2.49. The van der Waals surface area contributed by atoms with Gasteiger partial charge in [0.15, 0.2) is 0 Å². The van der Waals surface area contributed by atoms with Gasteiger partial charge in [0.25, 0.3) is 0 Å². The van der Waals surface area contributed by atoms with Crippen LogP contribution in [0.4, 0.5) is 0 Å². The van der Waals surface area contributed by atoms with E-state index < -0.39 is 10.0 Å². The second-order valence-electron chi connectivity index (χ2n) is 4.20. The van der Waals surface area contributed by atoms with Crippen LogP contribution in [0.5, 0.6) is 0 Å². The third-order valence-corrected chi connectivity index (χ3v) is 4.83. The molecule has 0 aromatic carbocycles. The second-order valence-corrected chi connectivity index (χ2v) is 6.29. The van der Waals surface area contributed by atoms with E-state index in [9.17, 15) is 8.42 Å². The van der Waals surface area contributed by atoms with Crippen LogP contribution < -0.4 is 5.73 Å². The number of hydrogen-bond donors (Lipinski definition) is 1. The average Bonchev–Trinajstić information content (AvgIpc) is 2.28.